The van der Waals surface area contributed by atoms with Crippen molar-refractivity contribution >= 4 is 11.9 Å². The van der Waals surface area contributed by atoms with E-state index in [9.17, 15) is 22.8 Å². The number of ether oxygens (including phenoxy) is 1. The van der Waals surface area contributed by atoms with Crippen LogP contribution in [0.4, 0.5) is 13.2 Å². The third-order valence-corrected chi connectivity index (χ3v) is 4.14. The number of carboxylic acid groups (broad SMARTS) is 1. The number of carbonyl (C=O) groups excluding carboxylic acids is 1. The fraction of sp³-hybridized carbons (Fsp3) is 0.529. The number of amides is 1. The maximum Gasteiger partial charge on any atom is 0.416 e. The molecule has 1 saturated heterocycles. The van der Waals surface area contributed by atoms with Crippen molar-refractivity contribution in [2.75, 3.05) is 19.8 Å². The molecule has 0 spiro atoms. The fourth-order valence-electron chi connectivity index (χ4n) is 2.74. The van der Waals surface area contributed by atoms with Crippen molar-refractivity contribution in [1.82, 2.24) is 4.90 Å². The fourth-order valence-corrected chi connectivity index (χ4v) is 2.74. The minimum atomic E-state index is -4.43. The quantitative estimate of drug-likeness (QED) is 0.848. The molecule has 1 aliphatic rings. The zero-order valence-corrected chi connectivity index (χ0v) is 13.6. The summed E-state index contributed by atoms with van der Waals surface area (Å²) in [6.07, 6.45) is -2.73. The topological polar surface area (TPSA) is 66.8 Å². The Morgan fingerprint density at radius 2 is 1.76 bits per heavy atom. The van der Waals surface area contributed by atoms with E-state index in [4.69, 9.17) is 9.84 Å². The van der Waals surface area contributed by atoms with Crippen molar-refractivity contribution in [2.45, 2.75) is 32.0 Å². The molecule has 0 aromatic heterocycles. The van der Waals surface area contributed by atoms with Crippen molar-refractivity contribution < 1.29 is 32.6 Å². The molecule has 138 valence electrons. The Kier molecular flexibility index (Phi) is 6.41. The predicted molar refractivity (Wildman–Crippen MR) is 82.7 cm³/mol. The maximum absolute atomic E-state index is 12.6. The summed E-state index contributed by atoms with van der Waals surface area (Å²) < 4.78 is 43.0. The molecule has 0 radical (unpaired) electrons. The van der Waals surface area contributed by atoms with Gasteiger partial charge in [0.1, 0.15) is 6.54 Å². The van der Waals surface area contributed by atoms with Gasteiger partial charge in [0.15, 0.2) is 0 Å². The van der Waals surface area contributed by atoms with Crippen molar-refractivity contribution in [3.63, 3.8) is 0 Å². The van der Waals surface area contributed by atoms with Gasteiger partial charge in [-0.3, -0.25) is 9.59 Å². The van der Waals surface area contributed by atoms with E-state index in [0.29, 0.717) is 18.8 Å². The summed E-state index contributed by atoms with van der Waals surface area (Å²) in [5.41, 5.74) is -0.329. The third-order valence-electron chi connectivity index (χ3n) is 4.14. The van der Waals surface area contributed by atoms with Crippen LogP contribution in [0.25, 0.3) is 0 Å². The van der Waals surface area contributed by atoms with E-state index in [1.165, 1.54) is 17.0 Å². The van der Waals surface area contributed by atoms with Crippen molar-refractivity contribution in [3.8, 4) is 0 Å². The molecule has 0 unspecified atom stereocenters. The summed E-state index contributed by atoms with van der Waals surface area (Å²) in [5, 5.41) is 9.00. The highest BCUT2D eigenvalue weighted by atomic mass is 19.4. The van der Waals surface area contributed by atoms with E-state index in [-0.39, 0.29) is 24.8 Å². The Bertz CT molecular complexity index is 595. The summed E-state index contributed by atoms with van der Waals surface area (Å²) in [6, 6.07) is 4.38. The van der Waals surface area contributed by atoms with Crippen LogP contribution < -0.4 is 0 Å². The molecule has 0 bridgehead atoms. The number of aliphatic carboxylic acids is 1. The van der Waals surface area contributed by atoms with E-state index >= 15 is 0 Å². The van der Waals surface area contributed by atoms with Crippen LogP contribution in [0.5, 0.6) is 0 Å². The van der Waals surface area contributed by atoms with E-state index in [1.54, 1.807) is 0 Å². The Morgan fingerprint density at radius 3 is 2.28 bits per heavy atom. The smallest absolute Gasteiger partial charge is 0.416 e. The first-order chi connectivity index (χ1) is 11.8. The lowest BCUT2D eigenvalue weighted by Gasteiger charge is -2.26. The van der Waals surface area contributed by atoms with Crippen molar-refractivity contribution in [2.24, 2.45) is 5.92 Å². The average molecular weight is 359 g/mol. The molecule has 1 aliphatic heterocycles. The van der Waals surface area contributed by atoms with Crippen LogP contribution in [-0.2, 0) is 27.0 Å². The summed E-state index contributed by atoms with van der Waals surface area (Å²) in [5.74, 6) is -1.33. The largest absolute Gasteiger partial charge is 0.480 e. The first-order valence-corrected chi connectivity index (χ1v) is 7.99. The molecule has 1 aromatic rings. The molecule has 1 amide bonds. The molecule has 1 heterocycles. The van der Waals surface area contributed by atoms with Crippen LogP contribution >= 0.6 is 0 Å². The zero-order valence-electron chi connectivity index (χ0n) is 13.6. The van der Waals surface area contributed by atoms with E-state index in [0.717, 1.165) is 25.0 Å². The molecular weight excluding hydrogens is 339 g/mol. The van der Waals surface area contributed by atoms with Gasteiger partial charge < -0.3 is 14.7 Å². The highest BCUT2D eigenvalue weighted by Crippen LogP contribution is 2.29. The summed E-state index contributed by atoms with van der Waals surface area (Å²) in [4.78, 5) is 24.6. The van der Waals surface area contributed by atoms with Gasteiger partial charge in [0.05, 0.1) is 5.56 Å². The highest BCUT2D eigenvalue weighted by Gasteiger charge is 2.30. The van der Waals surface area contributed by atoms with Crippen LogP contribution in [0.15, 0.2) is 24.3 Å². The Labute approximate surface area is 143 Å². The number of hydrogen-bond donors (Lipinski definition) is 1. The van der Waals surface area contributed by atoms with Gasteiger partial charge in [-0.1, -0.05) is 12.1 Å². The summed E-state index contributed by atoms with van der Waals surface area (Å²) >= 11 is 0. The number of hydrogen-bond acceptors (Lipinski definition) is 3. The van der Waals surface area contributed by atoms with Crippen LogP contribution in [-0.4, -0.2) is 41.6 Å². The molecule has 5 nitrogen and oxygen atoms in total. The zero-order chi connectivity index (χ0) is 18.4. The number of nitrogens with zero attached hydrogens (tertiary/aromatic N) is 1. The van der Waals surface area contributed by atoms with E-state index < -0.39 is 24.3 Å². The minimum absolute atomic E-state index is 0.0352. The number of alkyl halides is 3. The number of halogens is 3. The SMILES string of the molecule is O=C(O)CN(Cc1ccc(C(F)(F)F)cc1)C(=O)CC1CCOCC1. The molecule has 25 heavy (non-hydrogen) atoms. The lowest BCUT2D eigenvalue weighted by atomic mass is 9.96. The Hall–Kier alpha value is -2.09. The predicted octanol–water partition coefficient (Wildman–Crippen LogP) is 2.94. The highest BCUT2D eigenvalue weighted by molar-refractivity contribution is 5.81. The Morgan fingerprint density at radius 1 is 1.16 bits per heavy atom. The molecule has 0 aliphatic carbocycles. The lowest BCUT2D eigenvalue weighted by molar-refractivity contribution is -0.145. The van der Waals surface area contributed by atoms with Gasteiger partial charge in [-0.05, 0) is 36.5 Å². The molecule has 8 heteroatoms. The monoisotopic (exact) mass is 359 g/mol. The average Bonchev–Trinajstić information content (AvgIpc) is 2.54. The van der Waals surface area contributed by atoms with Gasteiger partial charge in [0.25, 0.3) is 0 Å². The lowest BCUT2D eigenvalue weighted by Crippen LogP contribution is -2.36. The number of carboxylic acids is 1. The Balaban J connectivity index is 2.03. The van der Waals surface area contributed by atoms with Gasteiger partial charge in [0.2, 0.25) is 5.91 Å². The molecule has 0 saturated carbocycles. The van der Waals surface area contributed by atoms with Gasteiger partial charge in [-0.2, -0.15) is 13.2 Å². The van der Waals surface area contributed by atoms with Gasteiger partial charge in [0, 0.05) is 26.2 Å². The van der Waals surface area contributed by atoms with Gasteiger partial charge in [-0.25, -0.2) is 0 Å². The van der Waals surface area contributed by atoms with E-state index in [2.05, 4.69) is 0 Å². The van der Waals surface area contributed by atoms with E-state index in [1.807, 2.05) is 0 Å². The second-order valence-electron chi connectivity index (χ2n) is 6.10. The van der Waals surface area contributed by atoms with Gasteiger partial charge >= 0.3 is 12.1 Å². The molecule has 1 aromatic carbocycles. The summed E-state index contributed by atoms with van der Waals surface area (Å²) in [7, 11) is 0. The molecule has 2 rings (SSSR count). The molecule has 1 fully saturated rings. The third kappa shape index (κ3) is 6.04. The molecular formula is C17H20F3NO4. The minimum Gasteiger partial charge on any atom is -0.480 e. The number of benzene rings is 1. The van der Waals surface area contributed by atoms with Crippen LogP contribution in [0.1, 0.15) is 30.4 Å². The van der Waals surface area contributed by atoms with Gasteiger partial charge in [-0.15, -0.1) is 0 Å². The number of carbonyl (C=O) groups is 2. The first-order valence-electron chi connectivity index (χ1n) is 7.99. The maximum atomic E-state index is 12.6. The van der Waals surface area contributed by atoms with Crippen LogP contribution in [0.2, 0.25) is 0 Å². The summed E-state index contributed by atoms with van der Waals surface area (Å²) in [6.45, 7) is 0.640. The van der Waals surface area contributed by atoms with Crippen molar-refractivity contribution in [1.29, 1.82) is 0 Å². The van der Waals surface area contributed by atoms with Crippen LogP contribution in [0, 0.1) is 5.92 Å². The van der Waals surface area contributed by atoms with Crippen LogP contribution in [0.3, 0.4) is 0 Å². The molecule has 1 N–H and O–H groups in total. The normalized spacial score (nSPS) is 15.8. The second-order valence-corrected chi connectivity index (χ2v) is 6.10. The second kappa shape index (κ2) is 8.33. The van der Waals surface area contributed by atoms with Crippen molar-refractivity contribution in [3.05, 3.63) is 35.4 Å². The molecule has 0 atom stereocenters. The number of rotatable bonds is 6. The first kappa shape index (κ1) is 19.2. The standard InChI is InChI=1S/C17H20F3NO4/c18-17(19,20)14-3-1-13(2-4-14)10-21(11-16(23)24)15(22)9-12-5-7-25-8-6-12/h1-4,12H,5-11H2,(H,23,24).